The van der Waals surface area contributed by atoms with Gasteiger partial charge in [-0.1, -0.05) is 12.1 Å². The smallest absolute Gasteiger partial charge is 0.246 e. The summed E-state index contributed by atoms with van der Waals surface area (Å²) in [5.41, 5.74) is 8.81. The van der Waals surface area contributed by atoms with Crippen LogP contribution in [0.5, 0.6) is 5.75 Å². The number of aromatic nitrogens is 3. The van der Waals surface area contributed by atoms with Crippen LogP contribution in [-0.4, -0.2) is 36.8 Å². The van der Waals surface area contributed by atoms with Gasteiger partial charge in [-0.05, 0) is 23.8 Å². The van der Waals surface area contributed by atoms with Crippen LogP contribution in [0.15, 0.2) is 41.7 Å². The lowest BCUT2D eigenvalue weighted by molar-refractivity contribution is 0.414. The van der Waals surface area contributed by atoms with Crippen LogP contribution in [0.25, 0.3) is 11.0 Å². The highest BCUT2D eigenvalue weighted by molar-refractivity contribution is 8.19. The summed E-state index contributed by atoms with van der Waals surface area (Å²) >= 11 is 2.63. The van der Waals surface area contributed by atoms with Crippen molar-refractivity contribution >= 4 is 42.1 Å². The van der Waals surface area contributed by atoms with E-state index in [1.165, 1.54) is 15.7 Å². The first-order valence-corrected chi connectivity index (χ1v) is 8.62. The average Bonchev–Trinajstić information content (AvgIpc) is 2.87. The summed E-state index contributed by atoms with van der Waals surface area (Å²) in [7, 11) is 3.18. The normalized spacial score (nSPS) is 10.9. The predicted octanol–water partition coefficient (Wildman–Crippen LogP) is 2.25. The van der Waals surface area contributed by atoms with E-state index in [2.05, 4.69) is 29.7 Å². The zero-order chi connectivity index (χ0) is 14.8. The number of nitrogens with zero attached hydrogens (tertiary/aromatic N) is 3. The summed E-state index contributed by atoms with van der Waals surface area (Å²) in [6.07, 6.45) is 1.71. The Hall–Kier alpha value is -1.68. The minimum Gasteiger partial charge on any atom is -0.497 e. The van der Waals surface area contributed by atoms with Gasteiger partial charge in [0.25, 0.3) is 0 Å². The second-order valence-corrected chi connectivity index (χ2v) is 5.82. The number of fused-ring (bicyclic) bond motifs is 1. The molecule has 0 amide bonds. The third-order valence-electron chi connectivity index (χ3n) is 3.27. The molecule has 0 aliphatic carbocycles. The molecule has 0 aliphatic rings. The fraction of sp³-hybridized carbons (Fsp3) is 0.143. The van der Waals surface area contributed by atoms with Gasteiger partial charge in [0.05, 0.1) is 19.2 Å². The van der Waals surface area contributed by atoms with Crippen molar-refractivity contribution in [2.75, 3.05) is 12.8 Å². The summed E-state index contributed by atoms with van der Waals surface area (Å²) in [5.74, 6) is 1.31. The number of nitrogen functional groups attached to an aromatic ring is 1. The van der Waals surface area contributed by atoms with Crippen molar-refractivity contribution in [3.05, 3.63) is 42.1 Å². The standard InChI is InChI=1S/C14H14N4OS.Al/c1-19-10-4-2-9(3-5-10)8-18-11-6-7-16-13(15)12(11)17-14(18)20;/h2-7H,8H2,1H3,(H2,15,16)(H,17,20);/q;+1/p-1. The van der Waals surface area contributed by atoms with Gasteiger partial charge in [-0.15, -0.1) is 0 Å². The Morgan fingerprint density at radius 3 is 2.71 bits per heavy atom. The van der Waals surface area contributed by atoms with Gasteiger partial charge in [0, 0.05) is 6.20 Å². The summed E-state index contributed by atoms with van der Waals surface area (Å²) in [4.78, 5) is 8.65. The second-order valence-electron chi connectivity index (χ2n) is 4.51. The molecule has 0 unspecified atom stereocenters. The SMILES string of the molecule is COc1ccc(Cn2c([S][Al])nc3c(N)nccc32)cc1. The lowest BCUT2D eigenvalue weighted by Crippen LogP contribution is -2.01. The molecule has 3 aromatic rings. The quantitative estimate of drug-likeness (QED) is 0.749. The Morgan fingerprint density at radius 1 is 1.29 bits per heavy atom. The largest absolute Gasteiger partial charge is 0.497 e. The van der Waals surface area contributed by atoms with Gasteiger partial charge in [-0.2, -0.15) is 0 Å². The molecule has 0 aliphatic heterocycles. The van der Waals surface area contributed by atoms with Gasteiger partial charge in [0.2, 0.25) is 15.2 Å². The molecule has 0 fully saturated rings. The maximum Gasteiger partial charge on any atom is 0.246 e. The minimum absolute atomic E-state index is 0.460. The molecule has 5 nitrogen and oxygen atoms in total. The van der Waals surface area contributed by atoms with Gasteiger partial charge in [-0.3, -0.25) is 0 Å². The zero-order valence-corrected chi connectivity index (χ0v) is 13.5. The van der Waals surface area contributed by atoms with Crippen molar-refractivity contribution in [2.24, 2.45) is 0 Å². The molecule has 2 radical (unpaired) electrons. The van der Waals surface area contributed by atoms with Crippen molar-refractivity contribution in [2.45, 2.75) is 11.7 Å². The van der Waals surface area contributed by atoms with Crippen LogP contribution in [0, 0.1) is 0 Å². The highest BCUT2D eigenvalue weighted by Crippen LogP contribution is 2.26. The number of ether oxygens (including phenoxy) is 1. The molecular weight excluding hydrogens is 299 g/mol. The Kier molecular flexibility index (Phi) is 4.06. The highest BCUT2D eigenvalue weighted by atomic mass is 32.3. The van der Waals surface area contributed by atoms with Gasteiger partial charge in [0.15, 0.2) is 5.82 Å². The Balaban J connectivity index is 2.04. The van der Waals surface area contributed by atoms with Crippen molar-refractivity contribution in [1.29, 1.82) is 0 Å². The molecule has 0 atom stereocenters. The van der Waals surface area contributed by atoms with Crippen molar-refractivity contribution in [3.63, 3.8) is 0 Å². The van der Waals surface area contributed by atoms with E-state index < -0.39 is 0 Å². The number of hydrogen-bond donors (Lipinski definition) is 1. The van der Waals surface area contributed by atoms with Gasteiger partial charge < -0.3 is 15.0 Å². The van der Waals surface area contributed by atoms with E-state index in [-0.39, 0.29) is 0 Å². The number of benzene rings is 1. The first-order chi connectivity index (χ1) is 10.2. The zero-order valence-electron chi connectivity index (χ0n) is 11.5. The molecule has 0 spiro atoms. The average molecular weight is 312 g/mol. The van der Waals surface area contributed by atoms with Crippen LogP contribution in [0.3, 0.4) is 0 Å². The molecule has 2 aromatic heterocycles. The summed E-state index contributed by atoms with van der Waals surface area (Å²) in [5, 5.41) is 0.894. The van der Waals surface area contributed by atoms with Crippen LogP contribution in [-0.2, 0) is 6.54 Å². The van der Waals surface area contributed by atoms with Crippen molar-refractivity contribution in [3.8, 4) is 5.75 Å². The Bertz CT molecular complexity index is 772. The van der Waals surface area contributed by atoms with Crippen LogP contribution >= 0.6 is 10.1 Å². The van der Waals surface area contributed by atoms with Gasteiger partial charge in [-0.25, -0.2) is 20.1 Å². The number of imidazole rings is 1. The third-order valence-corrected chi connectivity index (χ3v) is 4.42. The second kappa shape index (κ2) is 5.98. The molecule has 21 heavy (non-hydrogen) atoms. The minimum atomic E-state index is 0.460. The molecule has 2 N–H and O–H groups in total. The number of nitrogens with two attached hydrogens (primary N) is 1. The molecule has 1 aromatic carbocycles. The lowest BCUT2D eigenvalue weighted by atomic mass is 10.2. The van der Waals surface area contributed by atoms with Crippen LogP contribution < -0.4 is 10.5 Å². The molecule has 7 heteroatoms. The summed E-state index contributed by atoms with van der Waals surface area (Å²) in [6, 6.07) is 9.95. The molecule has 3 rings (SSSR count). The van der Waals surface area contributed by atoms with Crippen LogP contribution in [0.1, 0.15) is 5.56 Å². The maximum absolute atomic E-state index is 5.90. The third kappa shape index (κ3) is 2.73. The van der Waals surface area contributed by atoms with E-state index >= 15 is 0 Å². The van der Waals surface area contributed by atoms with Crippen molar-refractivity contribution < 1.29 is 4.74 Å². The van der Waals surface area contributed by atoms with E-state index in [0.29, 0.717) is 5.82 Å². The fourth-order valence-corrected chi connectivity index (χ4v) is 3.18. The Labute approximate surface area is 134 Å². The van der Waals surface area contributed by atoms with E-state index in [4.69, 9.17) is 10.5 Å². The first kappa shape index (κ1) is 14.3. The topological polar surface area (TPSA) is 66.0 Å². The van der Waals surface area contributed by atoms with Crippen molar-refractivity contribution in [1.82, 2.24) is 14.5 Å². The van der Waals surface area contributed by atoms with Gasteiger partial charge in [0.1, 0.15) is 16.4 Å². The van der Waals surface area contributed by atoms with E-state index in [1.54, 1.807) is 13.3 Å². The fourth-order valence-electron chi connectivity index (χ4n) is 2.21. The molecule has 0 bridgehead atoms. The number of methoxy groups -OCH3 is 1. The monoisotopic (exact) mass is 312 g/mol. The first-order valence-electron chi connectivity index (χ1n) is 6.33. The maximum atomic E-state index is 5.90. The molecular formula is C14H13AlN4OS. The Morgan fingerprint density at radius 2 is 2.05 bits per heavy atom. The van der Waals surface area contributed by atoms with Crippen LogP contribution in [0.4, 0.5) is 5.82 Å². The van der Waals surface area contributed by atoms with E-state index in [9.17, 15) is 0 Å². The lowest BCUT2D eigenvalue weighted by Gasteiger charge is -2.09. The number of hydrogen-bond acceptors (Lipinski definition) is 5. The van der Waals surface area contributed by atoms with Gasteiger partial charge >= 0.3 is 0 Å². The van der Waals surface area contributed by atoms with E-state index in [1.807, 2.05) is 30.3 Å². The van der Waals surface area contributed by atoms with E-state index in [0.717, 1.165) is 28.5 Å². The number of rotatable bonds is 4. The van der Waals surface area contributed by atoms with Crippen LogP contribution in [0.2, 0.25) is 0 Å². The molecule has 0 saturated heterocycles. The highest BCUT2D eigenvalue weighted by Gasteiger charge is 2.12. The molecule has 0 saturated carbocycles. The summed E-state index contributed by atoms with van der Waals surface area (Å²) in [6.45, 7) is 0.723. The number of pyridine rings is 1. The molecule has 2 heterocycles. The summed E-state index contributed by atoms with van der Waals surface area (Å²) < 4.78 is 7.32. The predicted molar refractivity (Wildman–Crippen MR) is 85.6 cm³/mol. The number of anilines is 1. The molecule has 104 valence electrons.